The molecule has 0 bridgehead atoms. The zero-order valence-corrected chi connectivity index (χ0v) is 5.02. The Labute approximate surface area is 48.6 Å². The first-order valence-corrected chi connectivity index (χ1v) is 2.77. The molecule has 7 heavy (non-hydrogen) atoms. The minimum atomic E-state index is 0.208. The minimum Gasteiger partial charge on any atom is -0.364 e. The quantitative estimate of drug-likeness (QED) is 0.343. The Kier molecular flexibility index (Phi) is 1.24. The molecular formula is C5H8ClN. The Morgan fingerprint density at radius 3 is 2.71 bits per heavy atom. The van der Waals surface area contributed by atoms with E-state index in [1.807, 2.05) is 18.1 Å². The maximum Gasteiger partial charge on any atom is 0.107 e. The first-order valence-electron chi connectivity index (χ1n) is 2.33. The Morgan fingerprint density at radius 2 is 2.57 bits per heavy atom. The molecule has 1 nitrogen and oxygen atoms in total. The van der Waals surface area contributed by atoms with Gasteiger partial charge in [-0.2, -0.15) is 0 Å². The van der Waals surface area contributed by atoms with E-state index in [2.05, 4.69) is 6.08 Å². The summed E-state index contributed by atoms with van der Waals surface area (Å²) in [4.78, 5) is 1.99. The maximum atomic E-state index is 5.73. The highest BCUT2D eigenvalue weighted by molar-refractivity contribution is 6.20. The van der Waals surface area contributed by atoms with Gasteiger partial charge in [-0.3, -0.25) is 0 Å². The van der Waals surface area contributed by atoms with Gasteiger partial charge in [0, 0.05) is 13.5 Å². The molecule has 0 fully saturated rings. The molecule has 0 aromatic heterocycles. The van der Waals surface area contributed by atoms with Crippen LogP contribution in [0.25, 0.3) is 0 Å². The topological polar surface area (TPSA) is 3.24 Å². The predicted molar refractivity (Wildman–Crippen MR) is 31.2 cm³/mol. The van der Waals surface area contributed by atoms with E-state index < -0.39 is 0 Å². The van der Waals surface area contributed by atoms with Crippen molar-refractivity contribution in [2.24, 2.45) is 0 Å². The van der Waals surface area contributed by atoms with Crippen molar-refractivity contribution in [3.8, 4) is 0 Å². The normalized spacial score (nSPS) is 29.4. The van der Waals surface area contributed by atoms with Crippen LogP contribution < -0.4 is 0 Å². The van der Waals surface area contributed by atoms with Crippen LogP contribution in [0.2, 0.25) is 0 Å². The van der Waals surface area contributed by atoms with Crippen molar-refractivity contribution in [2.45, 2.75) is 11.9 Å². The van der Waals surface area contributed by atoms with E-state index in [1.165, 1.54) is 0 Å². The third-order valence-electron chi connectivity index (χ3n) is 1.11. The van der Waals surface area contributed by atoms with Gasteiger partial charge >= 0.3 is 0 Å². The van der Waals surface area contributed by atoms with E-state index in [9.17, 15) is 0 Å². The largest absolute Gasteiger partial charge is 0.364 e. The Morgan fingerprint density at radius 1 is 1.86 bits per heavy atom. The molecule has 1 rings (SSSR count). The van der Waals surface area contributed by atoms with Gasteiger partial charge in [0.25, 0.3) is 0 Å². The van der Waals surface area contributed by atoms with Gasteiger partial charge in [-0.15, -0.1) is 0 Å². The second-order valence-corrected chi connectivity index (χ2v) is 2.22. The van der Waals surface area contributed by atoms with Gasteiger partial charge in [0.2, 0.25) is 0 Å². The zero-order chi connectivity index (χ0) is 5.28. The molecule has 0 spiro atoms. The average molecular weight is 118 g/mol. The Bertz CT molecular complexity index is 90.1. The molecule has 1 unspecified atom stereocenters. The number of hydrogen-bond acceptors (Lipinski definition) is 1. The lowest BCUT2D eigenvalue weighted by Crippen LogP contribution is -2.14. The lowest BCUT2D eigenvalue weighted by atomic mass is 10.5. The fourth-order valence-electron chi connectivity index (χ4n) is 0.599. The van der Waals surface area contributed by atoms with E-state index in [0.29, 0.717) is 0 Å². The molecule has 2 heteroatoms. The molecule has 1 atom stereocenters. The summed E-state index contributed by atoms with van der Waals surface area (Å²) in [6.45, 7) is 0. The maximum absolute atomic E-state index is 5.73. The summed E-state index contributed by atoms with van der Waals surface area (Å²) < 4.78 is 0. The molecule has 0 aromatic carbocycles. The monoisotopic (exact) mass is 117 g/mol. The molecular weight excluding hydrogens is 110 g/mol. The minimum absolute atomic E-state index is 0.208. The van der Waals surface area contributed by atoms with Gasteiger partial charge in [0.15, 0.2) is 0 Å². The van der Waals surface area contributed by atoms with E-state index in [4.69, 9.17) is 11.6 Å². The predicted octanol–water partition coefficient (Wildman–Crippen LogP) is 1.40. The highest BCUT2D eigenvalue weighted by atomic mass is 35.5. The summed E-state index contributed by atoms with van der Waals surface area (Å²) >= 11 is 5.73. The van der Waals surface area contributed by atoms with Crippen molar-refractivity contribution in [1.82, 2.24) is 4.90 Å². The molecule has 1 heterocycles. The molecule has 0 saturated heterocycles. The van der Waals surface area contributed by atoms with Crippen LogP contribution in [0.15, 0.2) is 12.3 Å². The van der Waals surface area contributed by atoms with Crippen molar-refractivity contribution in [2.75, 3.05) is 7.05 Å². The second-order valence-electron chi connectivity index (χ2n) is 1.72. The summed E-state index contributed by atoms with van der Waals surface area (Å²) in [5, 5.41) is 0. The highest BCUT2D eigenvalue weighted by Gasteiger charge is 2.09. The molecule has 1 aliphatic heterocycles. The molecule has 40 valence electrons. The van der Waals surface area contributed by atoms with Gasteiger partial charge in [-0.05, 0) is 6.20 Å². The lowest BCUT2D eigenvalue weighted by Gasteiger charge is -2.11. The van der Waals surface area contributed by atoms with Crippen molar-refractivity contribution in [3.63, 3.8) is 0 Å². The van der Waals surface area contributed by atoms with Crippen LogP contribution in [0.3, 0.4) is 0 Å². The van der Waals surface area contributed by atoms with Crippen LogP contribution in [-0.4, -0.2) is 17.4 Å². The van der Waals surface area contributed by atoms with Crippen LogP contribution in [0, 0.1) is 0 Å². The van der Waals surface area contributed by atoms with Crippen molar-refractivity contribution in [3.05, 3.63) is 12.3 Å². The number of nitrogens with zero attached hydrogens (tertiary/aromatic N) is 1. The van der Waals surface area contributed by atoms with Crippen LogP contribution in [0.4, 0.5) is 0 Å². The average Bonchev–Trinajstić information content (AvgIpc) is 1.91. The van der Waals surface area contributed by atoms with Gasteiger partial charge in [0.1, 0.15) is 5.50 Å². The summed E-state index contributed by atoms with van der Waals surface area (Å²) in [6.07, 6.45) is 5.05. The van der Waals surface area contributed by atoms with Crippen LogP contribution >= 0.6 is 11.6 Å². The molecule has 0 saturated carbocycles. The third kappa shape index (κ3) is 0.885. The molecule has 0 amide bonds. The summed E-state index contributed by atoms with van der Waals surface area (Å²) in [5.41, 5.74) is 0.208. The number of halogens is 1. The zero-order valence-electron chi connectivity index (χ0n) is 4.26. The molecule has 0 aromatic rings. The van der Waals surface area contributed by atoms with Crippen LogP contribution in [0.5, 0.6) is 0 Å². The SMILES string of the molecule is CN1C=CCC1Cl. The summed E-state index contributed by atoms with van der Waals surface area (Å²) in [7, 11) is 1.97. The van der Waals surface area contributed by atoms with Crippen molar-refractivity contribution >= 4 is 11.6 Å². The van der Waals surface area contributed by atoms with Gasteiger partial charge in [0.05, 0.1) is 0 Å². The van der Waals surface area contributed by atoms with E-state index in [-0.39, 0.29) is 5.50 Å². The number of alkyl halides is 1. The van der Waals surface area contributed by atoms with Gasteiger partial charge in [-0.25, -0.2) is 0 Å². The van der Waals surface area contributed by atoms with E-state index >= 15 is 0 Å². The summed E-state index contributed by atoms with van der Waals surface area (Å²) in [5.74, 6) is 0. The molecule has 0 aliphatic carbocycles. The first kappa shape index (κ1) is 4.98. The van der Waals surface area contributed by atoms with Crippen molar-refractivity contribution < 1.29 is 0 Å². The van der Waals surface area contributed by atoms with E-state index in [1.54, 1.807) is 0 Å². The smallest absolute Gasteiger partial charge is 0.107 e. The van der Waals surface area contributed by atoms with Crippen LogP contribution in [-0.2, 0) is 0 Å². The highest BCUT2D eigenvalue weighted by Crippen LogP contribution is 2.14. The number of rotatable bonds is 0. The Balaban J connectivity index is 2.45. The first-order chi connectivity index (χ1) is 3.30. The lowest BCUT2D eigenvalue weighted by molar-refractivity contribution is 0.453. The second kappa shape index (κ2) is 1.74. The summed E-state index contributed by atoms with van der Waals surface area (Å²) in [6, 6.07) is 0. The fraction of sp³-hybridized carbons (Fsp3) is 0.600. The third-order valence-corrected chi connectivity index (χ3v) is 1.60. The van der Waals surface area contributed by atoms with Gasteiger partial charge in [-0.1, -0.05) is 17.7 Å². The molecule has 0 N–H and O–H groups in total. The van der Waals surface area contributed by atoms with Crippen molar-refractivity contribution in [1.29, 1.82) is 0 Å². The molecule has 1 aliphatic rings. The Hall–Kier alpha value is -0.170. The fourth-order valence-corrected chi connectivity index (χ4v) is 0.767. The standard InChI is InChI=1S/C5H8ClN/c1-7-4-2-3-5(7)6/h2,4-5H,3H2,1H3. The van der Waals surface area contributed by atoms with E-state index in [0.717, 1.165) is 6.42 Å². The van der Waals surface area contributed by atoms with Gasteiger partial charge < -0.3 is 4.90 Å². The van der Waals surface area contributed by atoms with Crippen LogP contribution in [0.1, 0.15) is 6.42 Å². The number of hydrogen-bond donors (Lipinski definition) is 0. The molecule has 0 radical (unpaired) electrons.